The lowest BCUT2D eigenvalue weighted by Gasteiger charge is -2.08. The van der Waals surface area contributed by atoms with Gasteiger partial charge in [0.05, 0.1) is 16.7 Å². The van der Waals surface area contributed by atoms with Crippen molar-refractivity contribution in [3.63, 3.8) is 0 Å². The maximum absolute atomic E-state index is 11.8. The van der Waals surface area contributed by atoms with Gasteiger partial charge in [0.1, 0.15) is 0 Å². The van der Waals surface area contributed by atoms with Gasteiger partial charge in [0.15, 0.2) is 0 Å². The second kappa shape index (κ2) is 4.82. The quantitative estimate of drug-likeness (QED) is 0.763. The summed E-state index contributed by atoms with van der Waals surface area (Å²) in [4.78, 5) is 11.8. The third kappa shape index (κ3) is 2.98. The van der Waals surface area contributed by atoms with Crippen LogP contribution in [0.25, 0.3) is 0 Å². The summed E-state index contributed by atoms with van der Waals surface area (Å²) >= 11 is 0. The molecule has 0 saturated heterocycles. The summed E-state index contributed by atoms with van der Waals surface area (Å²) in [5.74, 6) is -0.391. The molecule has 1 amide bonds. The standard InChI is InChI=1S/C11H12N4O3S/c1-7-2-3-9(4-10(7)19(12,17)18)15-11(16)8-5-13-14-6-8/h2-6H,1H3,(H,13,14)(H,15,16)(H2,12,17,18). The number of nitrogens with one attached hydrogen (secondary N) is 2. The van der Waals surface area contributed by atoms with E-state index in [0.717, 1.165) is 0 Å². The van der Waals surface area contributed by atoms with Crippen LogP contribution in [0.15, 0.2) is 35.5 Å². The fraction of sp³-hybridized carbons (Fsp3) is 0.0909. The molecule has 0 aliphatic rings. The molecule has 8 heteroatoms. The van der Waals surface area contributed by atoms with Crippen LogP contribution >= 0.6 is 0 Å². The van der Waals surface area contributed by atoms with Gasteiger partial charge in [-0.1, -0.05) is 6.07 Å². The zero-order chi connectivity index (χ0) is 14.0. The number of amides is 1. The van der Waals surface area contributed by atoms with Gasteiger partial charge in [0.25, 0.3) is 5.91 Å². The Morgan fingerprint density at radius 2 is 2.16 bits per heavy atom. The van der Waals surface area contributed by atoms with Gasteiger partial charge < -0.3 is 5.32 Å². The van der Waals surface area contributed by atoms with Crippen LogP contribution in [-0.4, -0.2) is 24.5 Å². The first kappa shape index (κ1) is 13.2. The first-order valence-corrected chi connectivity index (χ1v) is 6.86. The highest BCUT2D eigenvalue weighted by atomic mass is 32.2. The van der Waals surface area contributed by atoms with Gasteiger partial charge in [-0.25, -0.2) is 13.6 Å². The van der Waals surface area contributed by atoms with Crippen molar-refractivity contribution in [1.82, 2.24) is 10.2 Å². The van der Waals surface area contributed by atoms with Crippen molar-refractivity contribution in [1.29, 1.82) is 0 Å². The normalized spacial score (nSPS) is 11.3. The summed E-state index contributed by atoms with van der Waals surface area (Å²) in [6, 6.07) is 4.50. The lowest BCUT2D eigenvalue weighted by Crippen LogP contribution is -2.15. The molecule has 0 unspecified atom stereocenters. The van der Waals surface area contributed by atoms with Crippen molar-refractivity contribution in [2.24, 2.45) is 5.14 Å². The largest absolute Gasteiger partial charge is 0.322 e. The van der Waals surface area contributed by atoms with Crippen LogP contribution in [0.2, 0.25) is 0 Å². The second-order valence-corrected chi connectivity index (χ2v) is 5.50. The third-order valence-corrected chi connectivity index (χ3v) is 3.57. The number of aromatic amines is 1. The van der Waals surface area contributed by atoms with Crippen LogP contribution in [0, 0.1) is 6.92 Å². The van der Waals surface area contributed by atoms with E-state index in [1.165, 1.54) is 18.5 Å². The van der Waals surface area contributed by atoms with E-state index in [1.807, 2.05) is 0 Å². The number of anilines is 1. The number of benzene rings is 1. The number of hydrogen-bond acceptors (Lipinski definition) is 4. The summed E-state index contributed by atoms with van der Waals surface area (Å²) in [5, 5.41) is 13.8. The zero-order valence-corrected chi connectivity index (χ0v) is 10.9. The molecule has 0 bridgehead atoms. The van der Waals surface area contributed by atoms with Crippen molar-refractivity contribution >= 4 is 21.6 Å². The lowest BCUT2D eigenvalue weighted by molar-refractivity contribution is 0.102. The van der Waals surface area contributed by atoms with Crippen molar-refractivity contribution in [3.8, 4) is 0 Å². The third-order valence-electron chi connectivity index (χ3n) is 2.51. The number of rotatable bonds is 3. The highest BCUT2D eigenvalue weighted by Gasteiger charge is 2.13. The van der Waals surface area contributed by atoms with Gasteiger partial charge in [-0.3, -0.25) is 9.89 Å². The molecule has 100 valence electrons. The van der Waals surface area contributed by atoms with E-state index in [1.54, 1.807) is 19.1 Å². The predicted octanol–water partition coefficient (Wildman–Crippen LogP) is 0.618. The van der Waals surface area contributed by atoms with Crippen LogP contribution in [0.3, 0.4) is 0 Å². The maximum atomic E-state index is 11.8. The molecule has 1 aromatic carbocycles. The molecule has 2 rings (SSSR count). The molecule has 7 nitrogen and oxygen atoms in total. The Morgan fingerprint density at radius 1 is 1.42 bits per heavy atom. The van der Waals surface area contributed by atoms with Gasteiger partial charge in [-0.05, 0) is 24.6 Å². The van der Waals surface area contributed by atoms with Crippen LogP contribution < -0.4 is 10.5 Å². The Balaban J connectivity index is 2.30. The van der Waals surface area contributed by atoms with E-state index in [9.17, 15) is 13.2 Å². The number of aromatic nitrogens is 2. The number of nitrogens with zero attached hydrogens (tertiary/aromatic N) is 1. The van der Waals surface area contributed by atoms with Crippen molar-refractivity contribution in [3.05, 3.63) is 41.7 Å². The second-order valence-electron chi connectivity index (χ2n) is 3.97. The van der Waals surface area contributed by atoms with E-state index in [0.29, 0.717) is 16.8 Å². The number of carbonyl (C=O) groups is 1. The van der Waals surface area contributed by atoms with Crippen molar-refractivity contribution in [2.75, 3.05) is 5.32 Å². The summed E-state index contributed by atoms with van der Waals surface area (Å²) in [6.07, 6.45) is 2.80. The fourth-order valence-electron chi connectivity index (χ4n) is 1.56. The average Bonchev–Trinajstić information content (AvgIpc) is 2.83. The average molecular weight is 280 g/mol. The SMILES string of the molecule is Cc1ccc(NC(=O)c2cn[nH]c2)cc1S(N)(=O)=O. The first-order valence-electron chi connectivity index (χ1n) is 5.31. The smallest absolute Gasteiger partial charge is 0.258 e. The van der Waals surface area contributed by atoms with Crippen LogP contribution in [0.5, 0.6) is 0 Å². The summed E-state index contributed by atoms with van der Waals surface area (Å²) in [6.45, 7) is 1.63. The summed E-state index contributed by atoms with van der Waals surface area (Å²) < 4.78 is 22.7. The molecule has 19 heavy (non-hydrogen) atoms. The highest BCUT2D eigenvalue weighted by Crippen LogP contribution is 2.19. The van der Waals surface area contributed by atoms with Crippen LogP contribution in [-0.2, 0) is 10.0 Å². The number of aryl methyl sites for hydroxylation is 1. The molecule has 0 aliphatic heterocycles. The Kier molecular flexibility index (Phi) is 3.36. The van der Waals surface area contributed by atoms with E-state index >= 15 is 0 Å². The highest BCUT2D eigenvalue weighted by molar-refractivity contribution is 7.89. The maximum Gasteiger partial charge on any atom is 0.258 e. The lowest BCUT2D eigenvalue weighted by atomic mass is 10.2. The summed E-state index contributed by atoms with van der Waals surface area (Å²) in [5.41, 5.74) is 1.21. The van der Waals surface area contributed by atoms with Gasteiger partial charge in [0, 0.05) is 11.9 Å². The minimum absolute atomic E-state index is 0.0162. The number of hydrogen-bond donors (Lipinski definition) is 3. The Morgan fingerprint density at radius 3 is 2.74 bits per heavy atom. The Labute approximate surface area is 109 Å². The fourth-order valence-corrected chi connectivity index (χ4v) is 2.37. The number of nitrogens with two attached hydrogens (primary N) is 1. The number of sulfonamides is 1. The van der Waals surface area contributed by atoms with Crippen LogP contribution in [0.1, 0.15) is 15.9 Å². The van der Waals surface area contributed by atoms with Crippen LogP contribution in [0.4, 0.5) is 5.69 Å². The van der Waals surface area contributed by atoms with Crippen molar-refractivity contribution < 1.29 is 13.2 Å². The molecular formula is C11H12N4O3S. The Hall–Kier alpha value is -2.19. The monoisotopic (exact) mass is 280 g/mol. The molecule has 4 N–H and O–H groups in total. The first-order chi connectivity index (χ1) is 8.88. The van der Waals surface area contributed by atoms with E-state index < -0.39 is 15.9 Å². The number of carbonyl (C=O) groups excluding carboxylic acids is 1. The van der Waals surface area contributed by atoms with Crippen molar-refractivity contribution in [2.45, 2.75) is 11.8 Å². The van der Waals surface area contributed by atoms with Gasteiger partial charge >= 0.3 is 0 Å². The minimum atomic E-state index is -3.82. The van der Waals surface area contributed by atoms with Gasteiger partial charge in [-0.15, -0.1) is 0 Å². The molecular weight excluding hydrogens is 268 g/mol. The number of primary sulfonamides is 1. The molecule has 0 spiro atoms. The van der Waals surface area contributed by atoms with Gasteiger partial charge in [-0.2, -0.15) is 5.10 Å². The molecule has 2 aromatic rings. The number of H-pyrrole nitrogens is 1. The molecule has 0 fully saturated rings. The van der Waals surface area contributed by atoms with E-state index in [4.69, 9.17) is 5.14 Å². The molecule has 0 radical (unpaired) electrons. The van der Waals surface area contributed by atoms with E-state index in [-0.39, 0.29) is 4.90 Å². The molecule has 0 atom stereocenters. The molecule has 0 saturated carbocycles. The van der Waals surface area contributed by atoms with Gasteiger partial charge in [0.2, 0.25) is 10.0 Å². The van der Waals surface area contributed by atoms with E-state index in [2.05, 4.69) is 15.5 Å². The molecule has 0 aliphatic carbocycles. The molecule has 1 heterocycles. The zero-order valence-electron chi connectivity index (χ0n) is 10.0. The topological polar surface area (TPSA) is 118 Å². The Bertz CT molecular complexity index is 708. The predicted molar refractivity (Wildman–Crippen MR) is 69.1 cm³/mol. The summed E-state index contributed by atoms with van der Waals surface area (Å²) in [7, 11) is -3.82. The molecule has 1 aromatic heterocycles. The minimum Gasteiger partial charge on any atom is -0.322 e.